The number of carbonyl (C=O) groups is 1. The van der Waals surface area contributed by atoms with Crippen molar-refractivity contribution in [3.05, 3.63) is 36.4 Å². The summed E-state index contributed by atoms with van der Waals surface area (Å²) in [6.45, 7) is 1.51. The van der Waals surface area contributed by atoms with E-state index in [2.05, 4.69) is 9.97 Å². The van der Waals surface area contributed by atoms with Gasteiger partial charge in [0.25, 0.3) is 5.22 Å². The van der Waals surface area contributed by atoms with E-state index in [0.29, 0.717) is 15.8 Å². The van der Waals surface area contributed by atoms with Crippen LogP contribution in [-0.4, -0.2) is 15.8 Å². The molecule has 0 N–H and O–H groups in total. The molecular formula is C10H8N2O2S. The number of ketones is 1. The predicted octanol–water partition coefficient (Wildman–Crippen LogP) is 2.42. The molecule has 0 aliphatic heterocycles. The number of hydrogen-bond donors (Lipinski definition) is 0. The number of rotatable bonds is 3. The van der Waals surface area contributed by atoms with Gasteiger partial charge in [0.15, 0.2) is 5.78 Å². The average molecular weight is 220 g/mol. The molecule has 5 heteroatoms. The maximum Gasteiger partial charge on any atom is 0.261 e. The van der Waals surface area contributed by atoms with E-state index < -0.39 is 0 Å². The maximum absolute atomic E-state index is 11.3. The molecule has 2 rings (SSSR count). The molecule has 0 saturated heterocycles. The molecule has 2 aromatic rings. The van der Waals surface area contributed by atoms with Crippen LogP contribution < -0.4 is 0 Å². The van der Waals surface area contributed by atoms with Crippen molar-refractivity contribution in [1.82, 2.24) is 9.97 Å². The fourth-order valence-corrected chi connectivity index (χ4v) is 1.90. The van der Waals surface area contributed by atoms with Crippen molar-refractivity contribution in [3.63, 3.8) is 0 Å². The van der Waals surface area contributed by atoms with E-state index in [0.717, 1.165) is 0 Å². The van der Waals surface area contributed by atoms with Gasteiger partial charge in [-0.15, -0.1) is 0 Å². The normalized spacial score (nSPS) is 10.2. The van der Waals surface area contributed by atoms with Crippen LogP contribution in [-0.2, 0) is 0 Å². The van der Waals surface area contributed by atoms with E-state index in [1.807, 2.05) is 0 Å². The summed E-state index contributed by atoms with van der Waals surface area (Å²) in [5.74, 6) is -0.0165. The minimum absolute atomic E-state index is 0.0165. The van der Waals surface area contributed by atoms with Crippen LogP contribution in [0, 0.1) is 0 Å². The van der Waals surface area contributed by atoms with Gasteiger partial charge in [0.1, 0.15) is 11.3 Å². The molecule has 15 heavy (non-hydrogen) atoms. The molecule has 0 bridgehead atoms. The Kier molecular flexibility index (Phi) is 2.82. The van der Waals surface area contributed by atoms with E-state index in [1.54, 1.807) is 24.5 Å². The van der Waals surface area contributed by atoms with Crippen molar-refractivity contribution >= 4 is 17.5 Å². The van der Waals surface area contributed by atoms with Gasteiger partial charge in [-0.3, -0.25) is 4.79 Å². The first-order valence-electron chi connectivity index (χ1n) is 4.30. The van der Waals surface area contributed by atoms with E-state index in [9.17, 15) is 4.79 Å². The zero-order chi connectivity index (χ0) is 10.7. The third kappa shape index (κ3) is 2.24. The number of Topliss-reactive ketones (excluding diaryl/α,β-unsaturated/α-hetero) is 1. The fourth-order valence-electron chi connectivity index (χ4n) is 1.08. The predicted molar refractivity (Wildman–Crippen MR) is 54.9 cm³/mol. The highest BCUT2D eigenvalue weighted by Crippen LogP contribution is 2.27. The molecule has 2 heterocycles. The lowest BCUT2D eigenvalue weighted by Crippen LogP contribution is -1.96. The van der Waals surface area contributed by atoms with Gasteiger partial charge in [-0.2, -0.15) is 0 Å². The Labute approximate surface area is 90.7 Å². The largest absolute Gasteiger partial charge is 0.440 e. The molecule has 0 aromatic carbocycles. The first-order valence-corrected chi connectivity index (χ1v) is 5.12. The second-order valence-electron chi connectivity index (χ2n) is 2.81. The van der Waals surface area contributed by atoms with Gasteiger partial charge in [0.05, 0.1) is 11.8 Å². The number of carbonyl (C=O) groups excluding carboxylic acids is 1. The molecule has 0 aliphatic rings. The Morgan fingerprint density at radius 1 is 1.40 bits per heavy atom. The zero-order valence-electron chi connectivity index (χ0n) is 8.01. The van der Waals surface area contributed by atoms with E-state index in [4.69, 9.17) is 4.42 Å². The molecule has 0 spiro atoms. The topological polar surface area (TPSA) is 56.0 Å². The third-order valence-corrected chi connectivity index (χ3v) is 2.64. The van der Waals surface area contributed by atoms with Gasteiger partial charge in [-0.25, -0.2) is 9.97 Å². The lowest BCUT2D eigenvalue weighted by molar-refractivity contribution is 0.101. The van der Waals surface area contributed by atoms with Crippen LogP contribution in [0.5, 0.6) is 0 Å². The summed E-state index contributed by atoms with van der Waals surface area (Å²) in [6, 6.07) is 3.47. The summed E-state index contributed by atoms with van der Waals surface area (Å²) in [4.78, 5) is 19.4. The molecule has 0 atom stereocenters. The summed E-state index contributed by atoms with van der Waals surface area (Å²) in [5, 5.41) is 1.10. The van der Waals surface area contributed by atoms with Gasteiger partial charge >= 0.3 is 0 Å². The van der Waals surface area contributed by atoms with E-state index in [-0.39, 0.29) is 5.78 Å². The van der Waals surface area contributed by atoms with Crippen molar-refractivity contribution in [3.8, 4) is 0 Å². The third-order valence-electron chi connectivity index (χ3n) is 1.74. The molecular weight excluding hydrogens is 212 g/mol. The Hall–Kier alpha value is -1.62. The molecule has 0 radical (unpaired) electrons. The van der Waals surface area contributed by atoms with Gasteiger partial charge in [0.2, 0.25) is 0 Å². The summed E-state index contributed by atoms with van der Waals surface area (Å²) in [5.41, 5.74) is 0.584. The van der Waals surface area contributed by atoms with Crippen molar-refractivity contribution < 1.29 is 9.21 Å². The van der Waals surface area contributed by atoms with Crippen molar-refractivity contribution in [1.29, 1.82) is 0 Å². The van der Waals surface area contributed by atoms with Crippen LogP contribution in [0.2, 0.25) is 0 Å². The van der Waals surface area contributed by atoms with Crippen LogP contribution in [0.4, 0.5) is 0 Å². The minimum atomic E-state index is -0.0165. The van der Waals surface area contributed by atoms with Gasteiger partial charge in [0, 0.05) is 6.20 Å². The Bertz CT molecular complexity index is 468. The maximum atomic E-state index is 11.3. The molecule has 0 saturated carbocycles. The molecule has 4 nitrogen and oxygen atoms in total. The highest BCUT2D eigenvalue weighted by molar-refractivity contribution is 7.99. The zero-order valence-corrected chi connectivity index (χ0v) is 8.82. The number of hydrogen-bond acceptors (Lipinski definition) is 5. The molecule has 76 valence electrons. The standard InChI is InChI=1S/C10H8N2O2S/c1-7(13)8-3-2-4-11-9(8)15-10-12-5-6-14-10/h2-6H,1H3. The second-order valence-corrected chi connectivity index (χ2v) is 3.75. The second kappa shape index (κ2) is 4.27. The van der Waals surface area contributed by atoms with Crippen LogP contribution in [0.25, 0.3) is 0 Å². The lowest BCUT2D eigenvalue weighted by Gasteiger charge is -2.01. The Morgan fingerprint density at radius 3 is 2.93 bits per heavy atom. The first kappa shape index (κ1) is 9.92. The van der Waals surface area contributed by atoms with Gasteiger partial charge in [-0.1, -0.05) is 0 Å². The van der Waals surface area contributed by atoms with Crippen LogP contribution in [0.15, 0.2) is 45.5 Å². The quantitative estimate of drug-likeness (QED) is 0.743. The number of aromatic nitrogens is 2. The molecule has 0 amide bonds. The van der Waals surface area contributed by atoms with Crippen LogP contribution >= 0.6 is 11.8 Å². The smallest absolute Gasteiger partial charge is 0.261 e. The Morgan fingerprint density at radius 2 is 2.27 bits per heavy atom. The highest BCUT2D eigenvalue weighted by Gasteiger charge is 2.11. The van der Waals surface area contributed by atoms with E-state index in [1.165, 1.54) is 24.9 Å². The molecule has 0 unspecified atom stereocenters. The summed E-state index contributed by atoms with van der Waals surface area (Å²) < 4.78 is 5.07. The molecule has 2 aromatic heterocycles. The van der Waals surface area contributed by atoms with E-state index >= 15 is 0 Å². The summed E-state index contributed by atoms with van der Waals surface area (Å²) >= 11 is 1.24. The van der Waals surface area contributed by atoms with Crippen molar-refractivity contribution in [2.45, 2.75) is 17.2 Å². The minimum Gasteiger partial charge on any atom is -0.440 e. The first-order chi connectivity index (χ1) is 7.27. The molecule has 0 aliphatic carbocycles. The number of nitrogens with zero attached hydrogens (tertiary/aromatic N) is 2. The Balaban J connectivity index is 2.32. The SMILES string of the molecule is CC(=O)c1cccnc1Sc1ncco1. The average Bonchev–Trinajstić information content (AvgIpc) is 2.71. The summed E-state index contributed by atoms with van der Waals surface area (Å²) in [7, 11) is 0. The van der Waals surface area contributed by atoms with Crippen LogP contribution in [0.1, 0.15) is 17.3 Å². The highest BCUT2D eigenvalue weighted by atomic mass is 32.2. The number of pyridine rings is 1. The fraction of sp³-hybridized carbons (Fsp3) is 0.100. The summed E-state index contributed by atoms with van der Waals surface area (Å²) in [6.07, 6.45) is 4.68. The molecule has 0 fully saturated rings. The van der Waals surface area contributed by atoms with Gasteiger partial charge < -0.3 is 4.42 Å². The van der Waals surface area contributed by atoms with Crippen molar-refractivity contribution in [2.75, 3.05) is 0 Å². The monoisotopic (exact) mass is 220 g/mol. The number of oxazole rings is 1. The van der Waals surface area contributed by atoms with Crippen LogP contribution in [0.3, 0.4) is 0 Å². The van der Waals surface area contributed by atoms with Crippen molar-refractivity contribution in [2.24, 2.45) is 0 Å². The lowest BCUT2D eigenvalue weighted by atomic mass is 10.2. The van der Waals surface area contributed by atoms with Gasteiger partial charge in [-0.05, 0) is 30.8 Å².